The van der Waals surface area contributed by atoms with Crippen LogP contribution in [0.5, 0.6) is 28.7 Å². The first-order valence-corrected chi connectivity index (χ1v) is 8.12. The Hall–Kier alpha value is -4.40. The number of phenolic OH excluding ortho intramolecular Hbond substituents is 4. The summed E-state index contributed by atoms with van der Waals surface area (Å²) in [6, 6.07) is 7.63. The summed E-state index contributed by atoms with van der Waals surface area (Å²) in [5, 5.41) is 61.5. The lowest BCUT2D eigenvalue weighted by molar-refractivity contribution is -0.271. The third-order valence-electron chi connectivity index (χ3n) is 4.55. The van der Waals surface area contributed by atoms with Gasteiger partial charge in [-0.15, -0.1) is 0 Å². The van der Waals surface area contributed by atoms with Gasteiger partial charge in [-0.05, 0) is 29.5 Å². The number of carboxylic acid groups (broad SMARTS) is 1. The molecule has 0 fully saturated rings. The van der Waals surface area contributed by atoms with E-state index in [0.29, 0.717) is 0 Å². The van der Waals surface area contributed by atoms with Crippen LogP contribution in [-0.4, -0.2) is 31.5 Å². The van der Waals surface area contributed by atoms with Crippen molar-refractivity contribution in [3.05, 3.63) is 52.2 Å². The normalized spacial score (nSPS) is 11.2. The second-order valence-electron chi connectivity index (χ2n) is 6.23. The molecule has 9 heteroatoms. The predicted molar refractivity (Wildman–Crippen MR) is 97.6 cm³/mol. The second-order valence-corrected chi connectivity index (χ2v) is 6.23. The van der Waals surface area contributed by atoms with Crippen molar-refractivity contribution >= 4 is 16.9 Å². The Balaban J connectivity index is 2.34. The molecule has 0 unspecified atom stereocenters. The summed E-state index contributed by atoms with van der Waals surface area (Å²) in [6.07, 6.45) is 0. The Morgan fingerprint density at radius 2 is 1.62 bits per heavy atom. The van der Waals surface area contributed by atoms with Gasteiger partial charge in [0.25, 0.3) is 5.43 Å². The molecule has 4 rings (SSSR count). The van der Waals surface area contributed by atoms with Crippen LogP contribution >= 0.6 is 0 Å². The lowest BCUT2D eigenvalue weighted by atomic mass is 9.90. The molecule has 0 saturated heterocycles. The SMILES string of the molecule is O=C(O)c1ccccc1-c1c2cc(O)c(=O)c(O)c-2oc2c(O)c([O-])c(O)cc12. The lowest BCUT2D eigenvalue weighted by Crippen LogP contribution is -2.05. The fourth-order valence-electron chi connectivity index (χ4n) is 3.24. The summed E-state index contributed by atoms with van der Waals surface area (Å²) < 4.78 is 5.37. The Morgan fingerprint density at radius 3 is 2.31 bits per heavy atom. The fraction of sp³-hybridized carbons (Fsp3) is 0. The minimum Gasteiger partial charge on any atom is -0.867 e. The van der Waals surface area contributed by atoms with Crippen molar-refractivity contribution in [2.24, 2.45) is 0 Å². The standard InChI is InChI=1S/C20H12O9/c21-11-5-9-13(7-3-1-2-4-8(7)20(27)28)10-6-12(22)15(24)17(26)19(10)29-18(9)16(25)14(11)23/h1-6,21-23,25-26H,(H,27,28)/p-1. The van der Waals surface area contributed by atoms with E-state index in [2.05, 4.69) is 0 Å². The maximum absolute atomic E-state index is 11.9. The van der Waals surface area contributed by atoms with Crippen molar-refractivity contribution in [1.82, 2.24) is 0 Å². The smallest absolute Gasteiger partial charge is 0.336 e. The molecule has 0 amide bonds. The Morgan fingerprint density at radius 1 is 0.931 bits per heavy atom. The number of benzene rings is 3. The van der Waals surface area contributed by atoms with Crippen LogP contribution in [0.1, 0.15) is 10.4 Å². The van der Waals surface area contributed by atoms with Crippen LogP contribution in [0.4, 0.5) is 0 Å². The van der Waals surface area contributed by atoms with Gasteiger partial charge in [-0.25, -0.2) is 4.79 Å². The lowest BCUT2D eigenvalue weighted by Gasteiger charge is -2.20. The molecule has 29 heavy (non-hydrogen) atoms. The van der Waals surface area contributed by atoms with Gasteiger partial charge in [-0.2, -0.15) is 0 Å². The molecule has 1 heterocycles. The first-order chi connectivity index (χ1) is 13.7. The van der Waals surface area contributed by atoms with Gasteiger partial charge in [0.05, 0.1) is 5.56 Å². The summed E-state index contributed by atoms with van der Waals surface area (Å²) in [6.45, 7) is 0. The van der Waals surface area contributed by atoms with Gasteiger partial charge in [0.15, 0.2) is 22.8 Å². The van der Waals surface area contributed by atoms with Gasteiger partial charge in [0.1, 0.15) is 5.75 Å². The first kappa shape index (κ1) is 18.0. The highest BCUT2D eigenvalue weighted by atomic mass is 16.4. The van der Waals surface area contributed by atoms with E-state index in [1.165, 1.54) is 24.3 Å². The van der Waals surface area contributed by atoms with Gasteiger partial charge in [0, 0.05) is 16.5 Å². The van der Waals surface area contributed by atoms with Gasteiger partial charge in [-0.1, -0.05) is 18.2 Å². The van der Waals surface area contributed by atoms with Crippen molar-refractivity contribution in [2.45, 2.75) is 0 Å². The van der Waals surface area contributed by atoms with Crippen LogP contribution in [0, 0.1) is 0 Å². The molecule has 2 aromatic rings. The predicted octanol–water partition coefficient (Wildman–Crippen LogP) is 2.16. The molecule has 0 aromatic heterocycles. The van der Waals surface area contributed by atoms with Gasteiger partial charge < -0.3 is 35.1 Å². The third-order valence-corrected chi connectivity index (χ3v) is 4.55. The quantitative estimate of drug-likeness (QED) is 0.319. The molecule has 0 atom stereocenters. The third kappa shape index (κ3) is 2.48. The van der Waals surface area contributed by atoms with Crippen molar-refractivity contribution in [3.63, 3.8) is 0 Å². The Labute approximate surface area is 160 Å². The summed E-state index contributed by atoms with van der Waals surface area (Å²) in [5.74, 6) is -6.56. The minimum absolute atomic E-state index is 0.00968. The number of carboxylic acids is 1. The van der Waals surface area contributed by atoms with Crippen molar-refractivity contribution in [2.75, 3.05) is 0 Å². The van der Waals surface area contributed by atoms with Crippen LogP contribution in [0.25, 0.3) is 33.4 Å². The highest BCUT2D eigenvalue weighted by Crippen LogP contribution is 2.50. The number of aromatic hydroxyl groups is 4. The minimum atomic E-state index is -1.30. The number of carbonyl (C=O) groups is 1. The molecule has 0 spiro atoms. The largest absolute Gasteiger partial charge is 0.867 e. The zero-order valence-corrected chi connectivity index (χ0v) is 14.3. The molecular weight excluding hydrogens is 384 g/mol. The van der Waals surface area contributed by atoms with E-state index in [0.717, 1.165) is 12.1 Å². The maximum Gasteiger partial charge on any atom is 0.336 e. The van der Waals surface area contributed by atoms with Crippen molar-refractivity contribution < 1.29 is 39.9 Å². The molecule has 1 aliphatic heterocycles. The van der Waals surface area contributed by atoms with E-state index in [4.69, 9.17) is 4.42 Å². The van der Waals surface area contributed by atoms with Crippen LogP contribution < -0.4 is 10.5 Å². The molecule has 5 N–H and O–H groups in total. The van der Waals surface area contributed by atoms with E-state index in [-0.39, 0.29) is 27.6 Å². The topological polar surface area (TPSA) is 171 Å². The first-order valence-electron chi connectivity index (χ1n) is 8.12. The Kier molecular flexibility index (Phi) is 3.76. The maximum atomic E-state index is 11.9. The van der Waals surface area contributed by atoms with E-state index in [9.17, 15) is 40.2 Å². The van der Waals surface area contributed by atoms with Crippen LogP contribution in [0.3, 0.4) is 0 Å². The average molecular weight is 395 g/mol. The molecule has 146 valence electrons. The highest BCUT2D eigenvalue weighted by molar-refractivity contribution is 6.09. The van der Waals surface area contributed by atoms with Crippen molar-refractivity contribution in [3.8, 4) is 51.2 Å². The number of aromatic carboxylic acids is 1. The van der Waals surface area contributed by atoms with E-state index in [1.807, 2.05) is 0 Å². The van der Waals surface area contributed by atoms with Crippen molar-refractivity contribution in [1.29, 1.82) is 0 Å². The zero-order valence-electron chi connectivity index (χ0n) is 14.3. The van der Waals surface area contributed by atoms with E-state index in [1.54, 1.807) is 0 Å². The number of hydrogen-bond donors (Lipinski definition) is 5. The van der Waals surface area contributed by atoms with Gasteiger partial charge in [-0.3, -0.25) is 4.79 Å². The molecule has 1 aliphatic carbocycles. The summed E-state index contributed by atoms with van der Waals surface area (Å²) in [7, 11) is 0. The highest BCUT2D eigenvalue weighted by Gasteiger charge is 2.27. The second kappa shape index (κ2) is 6.06. The summed E-state index contributed by atoms with van der Waals surface area (Å²) in [4.78, 5) is 23.7. The number of rotatable bonds is 2. The fourth-order valence-corrected chi connectivity index (χ4v) is 3.24. The average Bonchev–Trinajstić information content (AvgIpc) is 2.69. The molecule has 2 aliphatic rings. The van der Waals surface area contributed by atoms with Crippen LogP contribution in [-0.2, 0) is 0 Å². The number of phenols is 4. The molecule has 2 aromatic carbocycles. The summed E-state index contributed by atoms with van der Waals surface area (Å²) in [5.41, 5.74) is -1.80. The monoisotopic (exact) mass is 395 g/mol. The van der Waals surface area contributed by atoms with Crippen LogP contribution in [0.2, 0.25) is 0 Å². The number of hydrogen-bond acceptors (Lipinski definition) is 8. The molecule has 0 bridgehead atoms. The molecule has 0 saturated carbocycles. The molecule has 9 nitrogen and oxygen atoms in total. The summed E-state index contributed by atoms with van der Waals surface area (Å²) >= 11 is 0. The van der Waals surface area contributed by atoms with Gasteiger partial charge >= 0.3 is 5.97 Å². The zero-order chi connectivity index (χ0) is 21.0. The van der Waals surface area contributed by atoms with E-state index >= 15 is 0 Å². The Bertz CT molecular complexity index is 1350. The van der Waals surface area contributed by atoms with E-state index < -0.39 is 51.5 Å². The van der Waals surface area contributed by atoms with Crippen LogP contribution in [0.15, 0.2) is 45.6 Å². The molecular formula is C20H11O9-. The number of fused-ring (bicyclic) bond motifs is 2. The van der Waals surface area contributed by atoms with Gasteiger partial charge in [0.2, 0.25) is 5.75 Å². The molecule has 0 radical (unpaired) electrons.